The Kier molecular flexibility index (Phi) is 8.66. The number of ether oxygens (including phenoxy) is 3. The van der Waals surface area contributed by atoms with Crippen LogP contribution in [0, 0.1) is 5.92 Å². The van der Waals surface area contributed by atoms with Crippen LogP contribution in [-0.4, -0.2) is 39.1 Å². The lowest BCUT2D eigenvalue weighted by Crippen LogP contribution is -2.46. The Labute approximate surface area is 261 Å². The fraction of sp³-hybridized carbons (Fsp3) is 0.242. The number of carbonyl (C=O) groups excluding carboxylic acids is 3. The molecule has 45 heavy (non-hydrogen) atoms. The smallest absolute Gasteiger partial charge is 0.416 e. The van der Waals surface area contributed by atoms with Crippen LogP contribution >= 0.6 is 11.6 Å². The number of hydrogen-bond donors (Lipinski definition) is 1. The van der Waals surface area contributed by atoms with E-state index in [2.05, 4.69) is 0 Å². The number of nitrogens with zero attached hydrogens (tertiary/aromatic N) is 1. The second-order valence-electron chi connectivity index (χ2n) is 10.4. The van der Waals surface area contributed by atoms with Gasteiger partial charge in [-0.25, -0.2) is 4.79 Å². The van der Waals surface area contributed by atoms with Crippen molar-refractivity contribution < 1.29 is 41.8 Å². The first kappa shape index (κ1) is 31.6. The van der Waals surface area contributed by atoms with Crippen LogP contribution in [0.3, 0.4) is 0 Å². The van der Waals surface area contributed by atoms with Crippen molar-refractivity contribution in [2.24, 2.45) is 11.7 Å². The van der Waals surface area contributed by atoms with E-state index in [-0.39, 0.29) is 39.8 Å². The zero-order valence-corrected chi connectivity index (χ0v) is 25.1. The summed E-state index contributed by atoms with van der Waals surface area (Å²) in [4.78, 5) is 42.7. The van der Waals surface area contributed by atoms with Crippen molar-refractivity contribution in [1.82, 2.24) is 0 Å². The molecule has 5 rings (SSSR count). The molecule has 0 spiro atoms. The quantitative estimate of drug-likeness (QED) is 0.254. The van der Waals surface area contributed by atoms with Gasteiger partial charge < -0.3 is 19.9 Å². The van der Waals surface area contributed by atoms with Gasteiger partial charge >= 0.3 is 18.1 Å². The molecule has 0 fully saturated rings. The number of halogens is 4. The van der Waals surface area contributed by atoms with Gasteiger partial charge in [0.05, 0.1) is 38.4 Å². The Morgan fingerprint density at radius 1 is 0.956 bits per heavy atom. The molecule has 0 saturated heterocycles. The van der Waals surface area contributed by atoms with Gasteiger partial charge in [-0.05, 0) is 53.9 Å². The lowest BCUT2D eigenvalue weighted by atomic mass is 9.67. The van der Waals surface area contributed by atoms with E-state index in [1.54, 1.807) is 48.5 Å². The average molecular weight is 641 g/mol. The number of nitrogens with two attached hydrogens (primary N) is 1. The molecule has 0 amide bonds. The van der Waals surface area contributed by atoms with E-state index in [0.717, 1.165) is 26.4 Å². The van der Waals surface area contributed by atoms with E-state index >= 15 is 0 Å². The lowest BCUT2D eigenvalue weighted by Gasteiger charge is -2.44. The van der Waals surface area contributed by atoms with Gasteiger partial charge in [0, 0.05) is 27.9 Å². The summed E-state index contributed by atoms with van der Waals surface area (Å²) in [5.41, 5.74) is 6.52. The maximum Gasteiger partial charge on any atom is 0.416 e. The predicted molar refractivity (Wildman–Crippen MR) is 159 cm³/mol. The summed E-state index contributed by atoms with van der Waals surface area (Å²) in [5, 5.41) is 0.191. The molecule has 0 unspecified atom stereocenters. The summed E-state index contributed by atoms with van der Waals surface area (Å²) in [6.45, 7) is 0. The Bertz CT molecular complexity index is 1730. The van der Waals surface area contributed by atoms with Crippen LogP contribution in [0.4, 0.5) is 18.9 Å². The van der Waals surface area contributed by atoms with Gasteiger partial charge in [0.2, 0.25) is 0 Å². The van der Waals surface area contributed by atoms with Crippen molar-refractivity contribution in [3.63, 3.8) is 0 Å². The van der Waals surface area contributed by atoms with Crippen LogP contribution in [0.25, 0.3) is 0 Å². The number of rotatable bonds is 6. The third-order valence-electron chi connectivity index (χ3n) is 8.09. The maximum absolute atomic E-state index is 14.7. The molecular formula is C33H28ClF3N2O6. The van der Waals surface area contributed by atoms with Crippen molar-refractivity contribution in [2.45, 2.75) is 24.4 Å². The normalized spacial score (nSPS) is 20.1. The molecule has 1 heterocycles. The predicted octanol–water partition coefficient (Wildman–Crippen LogP) is 6.11. The molecule has 3 aromatic rings. The third kappa shape index (κ3) is 5.64. The van der Waals surface area contributed by atoms with Gasteiger partial charge in [-0.15, -0.1) is 0 Å². The Balaban J connectivity index is 1.84. The van der Waals surface area contributed by atoms with Gasteiger partial charge in [0.15, 0.2) is 5.78 Å². The number of carbonyl (C=O) groups is 3. The Morgan fingerprint density at radius 3 is 2.24 bits per heavy atom. The second kappa shape index (κ2) is 12.3. The number of anilines is 1. The van der Waals surface area contributed by atoms with Crippen molar-refractivity contribution in [1.29, 1.82) is 0 Å². The van der Waals surface area contributed by atoms with Crippen molar-refractivity contribution in [3.05, 3.63) is 117 Å². The molecule has 1 aliphatic heterocycles. The standard InChI is InChI=1S/C33H28ClF3N2O6/c1-43-20-13-11-17(12-14-20)22-16-24-27(29(40)26(22)31(41)44-2)25(21-9-4-5-10-23(21)34)28(32(42)45-3)30(38)39(24)19-8-6-7-18(15-19)33(35,36)37/h4-15,22,25-26H,16,38H2,1-3H3/t22-,25-,26-/m1/s1. The molecule has 0 aromatic heterocycles. The van der Waals surface area contributed by atoms with Crippen LogP contribution < -0.4 is 15.4 Å². The number of allylic oxidation sites excluding steroid dienone is 2. The molecule has 8 nitrogen and oxygen atoms in total. The fourth-order valence-electron chi connectivity index (χ4n) is 6.04. The summed E-state index contributed by atoms with van der Waals surface area (Å²) in [5.74, 6) is -5.55. The fourth-order valence-corrected chi connectivity index (χ4v) is 6.28. The number of hydrogen-bond acceptors (Lipinski definition) is 8. The highest BCUT2D eigenvalue weighted by Gasteiger charge is 2.51. The lowest BCUT2D eigenvalue weighted by molar-refractivity contribution is -0.150. The number of ketones is 1. The minimum Gasteiger partial charge on any atom is -0.497 e. The van der Waals surface area contributed by atoms with Crippen molar-refractivity contribution >= 4 is 35.0 Å². The van der Waals surface area contributed by atoms with Crippen LogP contribution in [0.5, 0.6) is 5.75 Å². The molecule has 0 saturated carbocycles. The zero-order chi connectivity index (χ0) is 32.6. The van der Waals surface area contributed by atoms with Crippen molar-refractivity contribution in [3.8, 4) is 5.75 Å². The third-order valence-corrected chi connectivity index (χ3v) is 8.44. The van der Waals surface area contributed by atoms with Crippen LogP contribution in [0.2, 0.25) is 5.02 Å². The summed E-state index contributed by atoms with van der Waals surface area (Å²) in [6, 6.07) is 17.6. The highest BCUT2D eigenvalue weighted by Crippen LogP contribution is 2.52. The first-order valence-corrected chi connectivity index (χ1v) is 14.1. The van der Waals surface area contributed by atoms with E-state index in [1.165, 1.54) is 24.1 Å². The van der Waals surface area contributed by atoms with Gasteiger partial charge in [0.25, 0.3) is 0 Å². The van der Waals surface area contributed by atoms with E-state index in [1.807, 2.05) is 0 Å². The van der Waals surface area contributed by atoms with E-state index in [4.69, 9.17) is 31.5 Å². The first-order valence-electron chi connectivity index (χ1n) is 13.7. The minimum absolute atomic E-state index is 0.0322. The summed E-state index contributed by atoms with van der Waals surface area (Å²) >= 11 is 6.61. The van der Waals surface area contributed by atoms with Gasteiger partial charge in [0.1, 0.15) is 17.5 Å². The summed E-state index contributed by atoms with van der Waals surface area (Å²) in [7, 11) is 3.76. The molecule has 234 valence electrons. The highest BCUT2D eigenvalue weighted by atomic mass is 35.5. The van der Waals surface area contributed by atoms with Crippen molar-refractivity contribution in [2.75, 3.05) is 26.2 Å². The monoisotopic (exact) mass is 640 g/mol. The molecule has 2 N–H and O–H groups in total. The van der Waals surface area contributed by atoms with Crippen LogP contribution in [0.15, 0.2) is 95.5 Å². The summed E-state index contributed by atoms with van der Waals surface area (Å²) < 4.78 is 57.0. The maximum atomic E-state index is 14.7. The highest BCUT2D eigenvalue weighted by molar-refractivity contribution is 6.31. The molecule has 12 heteroatoms. The van der Waals surface area contributed by atoms with Gasteiger partial charge in [-0.2, -0.15) is 13.2 Å². The number of alkyl halides is 3. The second-order valence-corrected chi connectivity index (χ2v) is 10.8. The molecular weight excluding hydrogens is 613 g/mol. The van der Waals surface area contributed by atoms with Crippen LogP contribution in [-0.2, 0) is 30.0 Å². The average Bonchev–Trinajstić information content (AvgIpc) is 3.03. The number of esters is 2. The van der Waals surface area contributed by atoms with Gasteiger partial charge in [-0.1, -0.05) is 48.0 Å². The number of benzene rings is 3. The van der Waals surface area contributed by atoms with E-state index in [9.17, 15) is 27.6 Å². The zero-order valence-electron chi connectivity index (χ0n) is 24.4. The molecule has 3 aromatic carbocycles. The SMILES string of the molecule is COC(=O)C1=C(N)N(c2cccc(C(F)(F)F)c2)C2=C(C(=O)[C@H](C(=O)OC)[C@@H](c3ccc(OC)cc3)C2)[C@H]1c1ccccc1Cl. The molecule has 1 aliphatic carbocycles. The summed E-state index contributed by atoms with van der Waals surface area (Å²) in [6.07, 6.45) is -4.74. The Morgan fingerprint density at radius 2 is 1.64 bits per heavy atom. The van der Waals surface area contributed by atoms with E-state index < -0.39 is 47.2 Å². The topological polar surface area (TPSA) is 108 Å². The Hall–Kier alpha value is -4.77. The largest absolute Gasteiger partial charge is 0.497 e. The van der Waals surface area contributed by atoms with Gasteiger partial charge in [-0.3, -0.25) is 14.5 Å². The molecule has 3 atom stereocenters. The van der Waals surface area contributed by atoms with E-state index in [0.29, 0.717) is 16.9 Å². The van der Waals surface area contributed by atoms with Crippen LogP contribution in [0.1, 0.15) is 34.9 Å². The molecule has 0 bridgehead atoms. The first-order chi connectivity index (χ1) is 21.4. The minimum atomic E-state index is -4.70. The number of methoxy groups -OCH3 is 3. The molecule has 2 aliphatic rings. The molecule has 0 radical (unpaired) electrons. The number of Topliss-reactive ketones (excluding diaryl/α,β-unsaturated/α-hetero) is 1.